The molecule has 0 heterocycles. The average Bonchev–Trinajstić information content (AvgIpc) is 2.50. The summed E-state index contributed by atoms with van der Waals surface area (Å²) in [6, 6.07) is 0. The van der Waals surface area contributed by atoms with Crippen molar-refractivity contribution >= 4 is 29.0 Å². The van der Waals surface area contributed by atoms with Gasteiger partial charge in [0.25, 0.3) is 0 Å². The lowest BCUT2D eigenvalue weighted by molar-refractivity contribution is -0.134. The third kappa shape index (κ3) is 11.8. The van der Waals surface area contributed by atoms with Gasteiger partial charge in [0.1, 0.15) is 0 Å². The average molecular weight is 469 g/mol. The van der Waals surface area contributed by atoms with Crippen LogP contribution >= 0.6 is 23.0 Å². The minimum absolute atomic E-state index is 0.202. The molecule has 0 N–H and O–H groups in total. The van der Waals surface area contributed by atoms with E-state index in [0.717, 1.165) is 25.1 Å². The van der Waals surface area contributed by atoms with Gasteiger partial charge in [-0.05, 0) is 46.5 Å². The zero-order valence-corrected chi connectivity index (χ0v) is 19.1. The van der Waals surface area contributed by atoms with Gasteiger partial charge in [0.15, 0.2) is 23.0 Å². The third-order valence-corrected chi connectivity index (χ3v) is 4.78. The van der Waals surface area contributed by atoms with Gasteiger partial charge in [-0.15, -0.1) is 0 Å². The Labute approximate surface area is 168 Å². The van der Waals surface area contributed by atoms with Crippen LogP contribution < -0.4 is 0 Å². The van der Waals surface area contributed by atoms with Gasteiger partial charge in [-0.25, -0.2) is 0 Å². The molecule has 0 saturated carbocycles. The van der Waals surface area contributed by atoms with Crippen molar-refractivity contribution in [1.29, 1.82) is 0 Å². The molecule has 0 aliphatic carbocycles. The summed E-state index contributed by atoms with van der Waals surface area (Å²) in [5.41, 5.74) is 0.618. The molecular formula is C19H36INO4. The van der Waals surface area contributed by atoms with Crippen molar-refractivity contribution in [2.24, 2.45) is 5.92 Å². The maximum absolute atomic E-state index is 11.1. The Morgan fingerprint density at radius 3 is 2.12 bits per heavy atom. The summed E-state index contributed by atoms with van der Waals surface area (Å²) in [6.45, 7) is 18.6. The van der Waals surface area contributed by atoms with E-state index in [2.05, 4.69) is 49.3 Å². The fourth-order valence-electron chi connectivity index (χ4n) is 2.19. The monoisotopic (exact) mass is 469 g/mol. The Morgan fingerprint density at radius 1 is 1.08 bits per heavy atom. The molecule has 0 fully saturated rings. The molecule has 0 unspecified atom stereocenters. The first-order valence-corrected chi connectivity index (χ1v) is 9.77. The lowest BCUT2D eigenvalue weighted by Gasteiger charge is -2.32. The highest BCUT2D eigenvalue weighted by molar-refractivity contribution is 14.1. The van der Waals surface area contributed by atoms with Gasteiger partial charge in [0.05, 0.1) is 30.8 Å². The summed E-state index contributed by atoms with van der Waals surface area (Å²) in [5, 5.41) is 0. The summed E-state index contributed by atoms with van der Waals surface area (Å²) in [6.07, 6.45) is 1.97. The summed E-state index contributed by atoms with van der Waals surface area (Å²) < 4.78 is 16.4. The van der Waals surface area contributed by atoms with E-state index in [1.165, 1.54) is 0 Å². The van der Waals surface area contributed by atoms with Gasteiger partial charge in [-0.2, -0.15) is 0 Å². The number of hydrogen-bond donors (Lipinski definition) is 0. The van der Waals surface area contributed by atoms with Crippen LogP contribution in [0.3, 0.4) is 0 Å². The summed E-state index contributed by atoms with van der Waals surface area (Å²) >= 11 is 1.59. The van der Waals surface area contributed by atoms with Crippen molar-refractivity contribution in [3.63, 3.8) is 0 Å². The molecule has 0 rings (SSSR count). The van der Waals surface area contributed by atoms with Crippen LogP contribution in [0.5, 0.6) is 0 Å². The first-order chi connectivity index (χ1) is 11.4. The molecule has 0 spiro atoms. The quantitative estimate of drug-likeness (QED) is 0.365. The zero-order valence-electron chi connectivity index (χ0n) is 17.0. The largest absolute Gasteiger partial charge is 0.394 e. The lowest BCUT2D eigenvalue weighted by atomic mass is 10.0. The molecule has 5 nitrogen and oxygen atoms in total. The fraction of sp³-hybridized carbons (Fsp3) is 0.842. The number of allylic oxidation sites excluding steroid dienone is 1. The maximum atomic E-state index is 11.1. The molecule has 0 radical (unpaired) electrons. The number of hydrogen-bond acceptors (Lipinski definition) is 5. The van der Waals surface area contributed by atoms with E-state index < -0.39 is 0 Å². The maximum Gasteiger partial charge on any atom is 0.317 e. The first-order valence-electron chi connectivity index (χ1n) is 8.89. The smallest absolute Gasteiger partial charge is 0.317 e. The van der Waals surface area contributed by atoms with Crippen LogP contribution in [0.4, 0.5) is 0 Å². The van der Waals surface area contributed by atoms with E-state index >= 15 is 0 Å². The van der Waals surface area contributed by atoms with E-state index in [9.17, 15) is 4.79 Å². The van der Waals surface area contributed by atoms with Gasteiger partial charge < -0.3 is 17.4 Å². The molecule has 25 heavy (non-hydrogen) atoms. The van der Waals surface area contributed by atoms with Crippen molar-refractivity contribution in [3.05, 3.63) is 12.3 Å². The van der Waals surface area contributed by atoms with Crippen LogP contribution in [-0.2, 0) is 17.3 Å². The molecule has 0 aliphatic heterocycles. The molecule has 148 valence electrons. The number of carbonyl (C=O) groups is 1. The number of ether oxygens (including phenoxy) is 2. The van der Waals surface area contributed by atoms with Crippen molar-refractivity contribution in [3.8, 4) is 0 Å². The Balaban J connectivity index is 4.14. The van der Waals surface area contributed by atoms with Gasteiger partial charge in [0.2, 0.25) is 0 Å². The van der Waals surface area contributed by atoms with Crippen LogP contribution in [-0.4, -0.2) is 48.9 Å². The van der Waals surface area contributed by atoms with Crippen molar-refractivity contribution < 1.29 is 17.3 Å². The highest BCUT2D eigenvalue weighted by Gasteiger charge is 2.23. The first kappa shape index (κ1) is 24.7. The summed E-state index contributed by atoms with van der Waals surface area (Å²) in [7, 11) is 2.08. The van der Waals surface area contributed by atoms with E-state index in [1.54, 1.807) is 23.0 Å². The molecule has 0 bridgehead atoms. The molecule has 0 atom stereocenters. The van der Waals surface area contributed by atoms with E-state index in [1.807, 2.05) is 13.8 Å². The van der Waals surface area contributed by atoms with Gasteiger partial charge >= 0.3 is 5.97 Å². The topological polar surface area (TPSA) is 48.0 Å². The minimum Gasteiger partial charge on any atom is -0.394 e. The summed E-state index contributed by atoms with van der Waals surface area (Å²) in [5.74, 6) is 0.192. The number of halogens is 1. The molecule has 6 heteroatoms. The predicted molar refractivity (Wildman–Crippen MR) is 111 cm³/mol. The molecule has 0 aromatic heterocycles. The second kappa shape index (κ2) is 11.4. The van der Waals surface area contributed by atoms with Crippen molar-refractivity contribution in [2.45, 2.75) is 72.0 Å². The summed E-state index contributed by atoms with van der Waals surface area (Å²) in [4.78, 5) is 13.3. The number of rotatable bonds is 13. The Hall–Kier alpha value is -0.340. The van der Waals surface area contributed by atoms with Gasteiger partial charge in [0, 0.05) is 19.3 Å². The Bertz CT molecular complexity index is 422. The van der Waals surface area contributed by atoms with Crippen LogP contribution in [0.15, 0.2) is 12.3 Å². The van der Waals surface area contributed by atoms with Gasteiger partial charge in [-0.3, -0.25) is 4.79 Å². The predicted octanol–water partition coefficient (Wildman–Crippen LogP) is 4.74. The molecule has 0 amide bonds. The molecule has 0 aliphatic rings. The molecule has 0 saturated heterocycles. The number of carbonyl (C=O) groups excluding carboxylic acids is 1. The fourth-order valence-corrected chi connectivity index (χ4v) is 2.41. The van der Waals surface area contributed by atoms with E-state index in [0.29, 0.717) is 19.1 Å². The molecule has 0 aromatic carbocycles. The normalized spacial score (nSPS) is 12.4. The third-order valence-electron chi connectivity index (χ3n) is 4.29. The molecule has 0 aromatic rings. The van der Waals surface area contributed by atoms with Crippen LogP contribution in [0.25, 0.3) is 0 Å². The van der Waals surface area contributed by atoms with Crippen LogP contribution in [0.1, 0.15) is 60.8 Å². The van der Waals surface area contributed by atoms with E-state index in [-0.39, 0.29) is 23.6 Å². The lowest BCUT2D eigenvalue weighted by Crippen LogP contribution is -2.34. The Kier molecular flexibility index (Phi) is 11.2. The van der Waals surface area contributed by atoms with Gasteiger partial charge in [-0.1, -0.05) is 20.4 Å². The van der Waals surface area contributed by atoms with Crippen LogP contribution in [0.2, 0.25) is 0 Å². The second-order valence-electron chi connectivity index (χ2n) is 7.98. The highest BCUT2D eigenvalue weighted by Crippen LogP contribution is 2.21. The second-order valence-corrected chi connectivity index (χ2v) is 8.42. The number of nitrogens with zero attached hydrogens (tertiary/aromatic N) is 1. The molecular weight excluding hydrogens is 433 g/mol. The van der Waals surface area contributed by atoms with Crippen molar-refractivity contribution in [2.75, 3.05) is 26.8 Å². The minimum atomic E-state index is -0.329. The standard InChI is InChI=1S/C19H36INO4/c1-15(2)16(3)21(8)12-10-18(4,5)24-14-11-19(6,7)23-13-9-17(22)25-20/h15H,3,9-14H2,1-2,4-8H3. The highest BCUT2D eigenvalue weighted by atomic mass is 127. The van der Waals surface area contributed by atoms with Crippen LogP contribution in [0, 0.1) is 5.92 Å². The Morgan fingerprint density at radius 2 is 1.60 bits per heavy atom. The zero-order chi connectivity index (χ0) is 19.7. The van der Waals surface area contributed by atoms with Crippen molar-refractivity contribution in [1.82, 2.24) is 4.90 Å². The SMILES string of the molecule is C=C(C(C)C)N(C)CCC(C)(C)OCCC(C)(C)OCCC(=O)OI. The van der Waals surface area contributed by atoms with E-state index in [4.69, 9.17) is 9.47 Å².